The van der Waals surface area contributed by atoms with E-state index in [1.807, 2.05) is 60.7 Å². The van der Waals surface area contributed by atoms with Crippen molar-refractivity contribution >= 4 is 0 Å². The number of benzene rings is 2. The molecule has 0 aliphatic heterocycles. The van der Waals surface area contributed by atoms with E-state index in [4.69, 9.17) is 9.26 Å². The van der Waals surface area contributed by atoms with Gasteiger partial charge < -0.3 is 9.26 Å². The van der Waals surface area contributed by atoms with Crippen LogP contribution in [0.3, 0.4) is 0 Å². The quantitative estimate of drug-likeness (QED) is 0.610. The molecule has 3 aromatic rings. The second-order valence-electron chi connectivity index (χ2n) is 5.37. The topological polar surface area (TPSA) is 35.3 Å². The molecular formula is C19H19NO2. The lowest BCUT2D eigenvalue weighted by Gasteiger charge is -2.06. The minimum Gasteiger partial charge on any atom is -0.457 e. The van der Waals surface area contributed by atoms with E-state index in [9.17, 15) is 0 Å². The summed E-state index contributed by atoms with van der Waals surface area (Å²) < 4.78 is 11.3. The maximum absolute atomic E-state index is 5.86. The van der Waals surface area contributed by atoms with Crippen LogP contribution in [0.15, 0.2) is 65.2 Å². The molecule has 3 nitrogen and oxygen atoms in total. The van der Waals surface area contributed by atoms with Crippen LogP contribution >= 0.6 is 0 Å². The van der Waals surface area contributed by atoms with Gasteiger partial charge in [0.2, 0.25) is 0 Å². The van der Waals surface area contributed by atoms with Crippen LogP contribution in [-0.4, -0.2) is 5.16 Å². The number of ether oxygens (including phenoxy) is 1. The lowest BCUT2D eigenvalue weighted by molar-refractivity contribution is 0.364. The second kappa shape index (κ2) is 6.48. The molecule has 22 heavy (non-hydrogen) atoms. The number of para-hydroxylation sites is 1. The summed E-state index contributed by atoms with van der Waals surface area (Å²) in [6.45, 7) is 4.28. The summed E-state index contributed by atoms with van der Waals surface area (Å²) in [5, 5.41) is 4.17. The molecule has 2 aromatic carbocycles. The van der Waals surface area contributed by atoms with Gasteiger partial charge in [-0.25, -0.2) is 0 Å². The molecule has 1 atom stereocenters. The molecule has 1 heterocycles. The van der Waals surface area contributed by atoms with Crippen LogP contribution < -0.4 is 4.74 Å². The first-order valence-electron chi connectivity index (χ1n) is 7.56. The maximum Gasteiger partial charge on any atom is 0.140 e. The molecule has 0 aliphatic rings. The molecule has 0 fully saturated rings. The van der Waals surface area contributed by atoms with Gasteiger partial charge in [0.25, 0.3) is 0 Å². The fourth-order valence-corrected chi connectivity index (χ4v) is 2.20. The third-order valence-corrected chi connectivity index (χ3v) is 3.74. The number of nitrogens with zero attached hydrogens (tertiary/aromatic N) is 1. The zero-order valence-electron chi connectivity index (χ0n) is 12.8. The average Bonchev–Trinajstić information content (AvgIpc) is 3.05. The van der Waals surface area contributed by atoms with Gasteiger partial charge in [0, 0.05) is 17.5 Å². The third kappa shape index (κ3) is 3.19. The highest BCUT2D eigenvalue weighted by Gasteiger charge is 2.12. The van der Waals surface area contributed by atoms with Crippen LogP contribution in [0.4, 0.5) is 0 Å². The molecule has 0 aliphatic carbocycles. The minimum atomic E-state index is 0.380. The van der Waals surface area contributed by atoms with Gasteiger partial charge in [-0.15, -0.1) is 0 Å². The SMILES string of the molecule is CCC(C)c1cc(-c2cccc(Oc3ccccc3)c2)no1. The van der Waals surface area contributed by atoms with Gasteiger partial charge in [-0.3, -0.25) is 0 Å². The predicted molar refractivity (Wildman–Crippen MR) is 87.2 cm³/mol. The zero-order chi connectivity index (χ0) is 15.4. The van der Waals surface area contributed by atoms with E-state index in [0.717, 1.165) is 34.9 Å². The first-order valence-corrected chi connectivity index (χ1v) is 7.56. The number of aromatic nitrogens is 1. The van der Waals surface area contributed by atoms with Crippen LogP contribution in [0.2, 0.25) is 0 Å². The van der Waals surface area contributed by atoms with Crippen molar-refractivity contribution in [2.24, 2.45) is 0 Å². The Kier molecular flexibility index (Phi) is 4.24. The summed E-state index contributed by atoms with van der Waals surface area (Å²) in [6.07, 6.45) is 1.03. The van der Waals surface area contributed by atoms with Gasteiger partial charge in [-0.1, -0.05) is 49.3 Å². The van der Waals surface area contributed by atoms with Crippen LogP contribution in [0, 0.1) is 0 Å². The van der Waals surface area contributed by atoms with Gasteiger partial charge in [0.1, 0.15) is 23.0 Å². The lowest BCUT2D eigenvalue weighted by Crippen LogP contribution is -1.87. The summed E-state index contributed by atoms with van der Waals surface area (Å²) in [6, 6.07) is 19.6. The normalized spacial score (nSPS) is 12.1. The van der Waals surface area contributed by atoms with Crippen molar-refractivity contribution < 1.29 is 9.26 Å². The van der Waals surface area contributed by atoms with Crippen molar-refractivity contribution in [2.45, 2.75) is 26.2 Å². The van der Waals surface area contributed by atoms with Crippen LogP contribution in [0.1, 0.15) is 31.9 Å². The van der Waals surface area contributed by atoms with Gasteiger partial charge in [-0.2, -0.15) is 0 Å². The molecule has 112 valence electrons. The predicted octanol–water partition coefficient (Wildman–Crippen LogP) is 5.65. The van der Waals surface area contributed by atoms with Crippen molar-refractivity contribution in [3.05, 3.63) is 66.4 Å². The highest BCUT2D eigenvalue weighted by molar-refractivity contribution is 5.61. The average molecular weight is 293 g/mol. The van der Waals surface area contributed by atoms with E-state index < -0.39 is 0 Å². The zero-order valence-corrected chi connectivity index (χ0v) is 12.8. The first kappa shape index (κ1) is 14.4. The Labute approximate surface area is 130 Å². The van der Waals surface area contributed by atoms with E-state index in [1.165, 1.54) is 0 Å². The Morgan fingerprint density at radius 3 is 2.55 bits per heavy atom. The molecule has 1 unspecified atom stereocenters. The number of rotatable bonds is 5. The summed E-state index contributed by atoms with van der Waals surface area (Å²) in [5.74, 6) is 2.91. The lowest BCUT2D eigenvalue weighted by atomic mass is 10.0. The smallest absolute Gasteiger partial charge is 0.140 e. The Morgan fingerprint density at radius 2 is 1.77 bits per heavy atom. The molecule has 0 N–H and O–H groups in total. The molecule has 0 bridgehead atoms. The van der Waals surface area contributed by atoms with Crippen molar-refractivity contribution in [3.8, 4) is 22.8 Å². The minimum absolute atomic E-state index is 0.380. The molecule has 0 amide bonds. The Morgan fingerprint density at radius 1 is 1.00 bits per heavy atom. The van der Waals surface area contributed by atoms with Gasteiger partial charge >= 0.3 is 0 Å². The molecular weight excluding hydrogens is 274 g/mol. The summed E-state index contributed by atoms with van der Waals surface area (Å²) >= 11 is 0. The molecule has 0 saturated carbocycles. The van der Waals surface area contributed by atoms with Crippen LogP contribution in [0.25, 0.3) is 11.3 Å². The van der Waals surface area contributed by atoms with Crippen molar-refractivity contribution in [1.82, 2.24) is 5.16 Å². The van der Waals surface area contributed by atoms with E-state index in [1.54, 1.807) is 0 Å². The molecule has 3 heteroatoms. The summed E-state index contributed by atoms with van der Waals surface area (Å²) in [5.41, 5.74) is 1.83. The van der Waals surface area contributed by atoms with Crippen molar-refractivity contribution in [3.63, 3.8) is 0 Å². The largest absolute Gasteiger partial charge is 0.457 e. The first-order chi connectivity index (χ1) is 10.8. The van der Waals surface area contributed by atoms with E-state index >= 15 is 0 Å². The van der Waals surface area contributed by atoms with Gasteiger partial charge in [0.05, 0.1) is 0 Å². The number of hydrogen-bond acceptors (Lipinski definition) is 3. The fraction of sp³-hybridized carbons (Fsp3) is 0.211. The van der Waals surface area contributed by atoms with E-state index in [-0.39, 0.29) is 0 Å². The van der Waals surface area contributed by atoms with E-state index in [0.29, 0.717) is 5.92 Å². The second-order valence-corrected chi connectivity index (χ2v) is 5.37. The standard InChI is InChI=1S/C19H19NO2/c1-3-14(2)19-13-18(20-22-19)15-8-7-11-17(12-15)21-16-9-5-4-6-10-16/h4-14H,3H2,1-2H3. The summed E-state index contributed by atoms with van der Waals surface area (Å²) in [4.78, 5) is 0. The van der Waals surface area contributed by atoms with E-state index in [2.05, 4.69) is 19.0 Å². The highest BCUT2D eigenvalue weighted by Crippen LogP contribution is 2.29. The Bertz CT molecular complexity index is 734. The third-order valence-electron chi connectivity index (χ3n) is 3.74. The van der Waals surface area contributed by atoms with Crippen LogP contribution in [0.5, 0.6) is 11.5 Å². The molecule has 0 saturated heterocycles. The monoisotopic (exact) mass is 293 g/mol. The van der Waals surface area contributed by atoms with Crippen LogP contribution in [-0.2, 0) is 0 Å². The van der Waals surface area contributed by atoms with Gasteiger partial charge in [-0.05, 0) is 30.7 Å². The van der Waals surface area contributed by atoms with Gasteiger partial charge in [0.15, 0.2) is 0 Å². The molecule has 3 rings (SSSR count). The van der Waals surface area contributed by atoms with Crippen molar-refractivity contribution in [2.75, 3.05) is 0 Å². The fourth-order valence-electron chi connectivity index (χ4n) is 2.20. The molecule has 0 radical (unpaired) electrons. The number of hydrogen-bond donors (Lipinski definition) is 0. The molecule has 0 spiro atoms. The highest BCUT2D eigenvalue weighted by atomic mass is 16.5. The Hall–Kier alpha value is -2.55. The Balaban J connectivity index is 1.83. The van der Waals surface area contributed by atoms with Crippen molar-refractivity contribution in [1.29, 1.82) is 0 Å². The maximum atomic E-state index is 5.86. The molecule has 1 aromatic heterocycles. The summed E-state index contributed by atoms with van der Waals surface area (Å²) in [7, 11) is 0.